The van der Waals surface area contributed by atoms with Gasteiger partial charge in [0, 0.05) is 27.8 Å². The van der Waals surface area contributed by atoms with Crippen LogP contribution in [0.5, 0.6) is 0 Å². The minimum Gasteiger partial charge on any atom is -0.310 e. The molecule has 3 aliphatic carbocycles. The summed E-state index contributed by atoms with van der Waals surface area (Å²) in [4.78, 5) is 2.52. The zero-order valence-corrected chi connectivity index (χ0v) is 36.7. The van der Waals surface area contributed by atoms with E-state index in [1.54, 1.807) is 0 Å². The van der Waals surface area contributed by atoms with E-state index >= 15 is 0 Å². The fraction of sp³-hybridized carbons (Fsp3) is 0.0938. The number of fused-ring (bicyclic) bond motifs is 11. The van der Waals surface area contributed by atoms with Crippen molar-refractivity contribution in [2.45, 2.75) is 37.5 Å². The number of aryl methyl sites for hydroxylation is 1. The molecule has 10 aromatic rings. The molecule has 1 spiro atoms. The van der Waals surface area contributed by atoms with E-state index in [9.17, 15) is 0 Å². The lowest BCUT2D eigenvalue weighted by Crippen LogP contribution is -2.24. The first-order chi connectivity index (χ1) is 32.0. The summed E-state index contributed by atoms with van der Waals surface area (Å²) < 4.78 is 0. The molecule has 0 amide bonds. The zero-order chi connectivity index (χ0) is 43.3. The molecule has 0 fully saturated rings. The fourth-order valence-electron chi connectivity index (χ4n) is 12.3. The van der Waals surface area contributed by atoms with Crippen LogP contribution in [0.3, 0.4) is 0 Å². The van der Waals surface area contributed by atoms with Crippen molar-refractivity contribution in [3.05, 3.63) is 258 Å². The van der Waals surface area contributed by atoms with Gasteiger partial charge in [-0.2, -0.15) is 0 Å². The van der Waals surface area contributed by atoms with E-state index in [2.05, 4.69) is 243 Å². The van der Waals surface area contributed by atoms with Crippen LogP contribution in [0.4, 0.5) is 17.1 Å². The Balaban J connectivity index is 1.01. The number of hydrogen-bond acceptors (Lipinski definition) is 1. The number of rotatable bonds is 6. The lowest BCUT2D eigenvalue weighted by molar-refractivity contribution is 0.626. The summed E-state index contributed by atoms with van der Waals surface area (Å²) in [6.07, 6.45) is 2.13. The minimum atomic E-state index is -0.197. The number of nitrogens with zero attached hydrogens (tertiary/aromatic N) is 1. The molecule has 0 N–H and O–H groups in total. The van der Waals surface area contributed by atoms with Gasteiger partial charge in [-0.3, -0.25) is 0 Å². The highest BCUT2D eigenvalue weighted by molar-refractivity contribution is 6.06. The second-order valence-electron chi connectivity index (χ2n) is 18.7. The third-order valence-electron chi connectivity index (χ3n) is 15.1. The van der Waals surface area contributed by atoms with Crippen molar-refractivity contribution in [2.24, 2.45) is 0 Å². The molecule has 0 saturated carbocycles. The highest BCUT2D eigenvalue weighted by Crippen LogP contribution is 2.60. The molecule has 308 valence electrons. The maximum Gasteiger partial charge on any atom is 0.0546 e. The van der Waals surface area contributed by atoms with Crippen molar-refractivity contribution >= 4 is 27.8 Å². The van der Waals surface area contributed by atoms with Crippen LogP contribution in [0.2, 0.25) is 0 Å². The predicted molar refractivity (Wildman–Crippen MR) is 273 cm³/mol. The smallest absolute Gasteiger partial charge is 0.0546 e. The molecule has 0 saturated heterocycles. The third-order valence-corrected chi connectivity index (χ3v) is 15.1. The molecule has 0 radical (unpaired) electrons. The molecule has 0 aromatic heterocycles. The summed E-state index contributed by atoms with van der Waals surface area (Å²) in [5.41, 5.74) is 24.5. The normalized spacial score (nSPS) is 15.9. The molecule has 3 aliphatic rings. The molecule has 1 nitrogen and oxygen atoms in total. The van der Waals surface area contributed by atoms with Crippen molar-refractivity contribution in [3.8, 4) is 55.6 Å². The molecule has 0 bridgehead atoms. The standard InChI is InChI=1S/C64H47N/c1-63(2)57-29-14-11-25-52(57)55-27-16-26-54(62(55)63)50-23-10-9-21-48(50)43-31-34-46(35-32-43)65(60-38-33-42-17-6-8-22-49(42)61(60)45-19-4-3-5-20-45)47-36-37-53-51-24-12-15-30-58(51)64(59(53)41-47)40-39-44-18-7-13-28-56(44)64/h3-38,41H,39-40H2,1-2H3. The minimum absolute atomic E-state index is 0.118. The maximum absolute atomic E-state index is 2.53. The molecule has 0 heterocycles. The Morgan fingerprint density at radius 2 is 0.969 bits per heavy atom. The largest absolute Gasteiger partial charge is 0.310 e. The molecule has 1 atom stereocenters. The molecular formula is C64H47N. The van der Waals surface area contributed by atoms with Gasteiger partial charge in [-0.15, -0.1) is 0 Å². The molecule has 1 heteroatoms. The van der Waals surface area contributed by atoms with E-state index in [-0.39, 0.29) is 10.8 Å². The molecule has 0 aliphatic heterocycles. The van der Waals surface area contributed by atoms with Crippen molar-refractivity contribution < 1.29 is 0 Å². The van der Waals surface area contributed by atoms with Crippen LogP contribution in [0, 0.1) is 0 Å². The molecule has 1 unspecified atom stereocenters. The lowest BCUT2D eigenvalue weighted by atomic mass is 9.73. The van der Waals surface area contributed by atoms with E-state index in [1.807, 2.05) is 0 Å². The zero-order valence-electron chi connectivity index (χ0n) is 36.7. The SMILES string of the molecule is CC1(C)c2ccccc2-c2cccc(-c3ccccc3-c3ccc(N(c4ccc5c(c4)C4(CCc6ccccc64)c4ccccc4-5)c4ccc5ccccc5c4-c4ccccc4)cc3)c21. The van der Waals surface area contributed by atoms with Gasteiger partial charge in [0.2, 0.25) is 0 Å². The topological polar surface area (TPSA) is 3.24 Å². The van der Waals surface area contributed by atoms with E-state index in [4.69, 9.17) is 0 Å². The maximum atomic E-state index is 2.53. The second-order valence-corrected chi connectivity index (χ2v) is 18.7. The van der Waals surface area contributed by atoms with Crippen molar-refractivity contribution in [1.29, 1.82) is 0 Å². The van der Waals surface area contributed by atoms with Crippen LogP contribution in [0.1, 0.15) is 53.6 Å². The third kappa shape index (κ3) is 5.52. The van der Waals surface area contributed by atoms with Crippen LogP contribution >= 0.6 is 0 Å². The van der Waals surface area contributed by atoms with E-state index < -0.39 is 0 Å². The Hall–Kier alpha value is -7.74. The van der Waals surface area contributed by atoms with Crippen LogP contribution in [0.25, 0.3) is 66.4 Å². The Morgan fingerprint density at radius 3 is 1.77 bits per heavy atom. The summed E-state index contributed by atoms with van der Waals surface area (Å²) in [7, 11) is 0. The predicted octanol–water partition coefficient (Wildman–Crippen LogP) is 16.9. The molecule has 13 rings (SSSR count). The van der Waals surface area contributed by atoms with Gasteiger partial charge in [0.1, 0.15) is 0 Å². The summed E-state index contributed by atoms with van der Waals surface area (Å²) in [5.74, 6) is 0. The fourth-order valence-corrected chi connectivity index (χ4v) is 12.3. The van der Waals surface area contributed by atoms with Gasteiger partial charge in [-0.1, -0.05) is 208 Å². The van der Waals surface area contributed by atoms with Gasteiger partial charge in [0.15, 0.2) is 0 Å². The van der Waals surface area contributed by atoms with Gasteiger partial charge in [0.25, 0.3) is 0 Å². The van der Waals surface area contributed by atoms with Crippen LogP contribution in [-0.4, -0.2) is 0 Å². The van der Waals surface area contributed by atoms with Gasteiger partial charge in [-0.25, -0.2) is 0 Å². The number of benzene rings is 10. The van der Waals surface area contributed by atoms with Gasteiger partial charge < -0.3 is 4.90 Å². The van der Waals surface area contributed by atoms with Crippen LogP contribution < -0.4 is 4.90 Å². The summed E-state index contributed by atoms with van der Waals surface area (Å²) in [6, 6.07) is 84.2. The first-order valence-corrected chi connectivity index (χ1v) is 23.1. The molecular weight excluding hydrogens is 783 g/mol. The number of anilines is 3. The van der Waals surface area contributed by atoms with E-state index in [0.29, 0.717) is 0 Å². The van der Waals surface area contributed by atoms with E-state index in [1.165, 1.54) is 99.8 Å². The van der Waals surface area contributed by atoms with Crippen LogP contribution in [-0.2, 0) is 17.3 Å². The van der Waals surface area contributed by atoms with Gasteiger partial charge in [0.05, 0.1) is 5.69 Å². The monoisotopic (exact) mass is 829 g/mol. The second kappa shape index (κ2) is 14.4. The Labute approximate surface area is 382 Å². The summed E-state index contributed by atoms with van der Waals surface area (Å²) in [6.45, 7) is 4.77. The van der Waals surface area contributed by atoms with Crippen LogP contribution in [0.15, 0.2) is 224 Å². The summed E-state index contributed by atoms with van der Waals surface area (Å²) in [5, 5.41) is 2.47. The van der Waals surface area contributed by atoms with Crippen molar-refractivity contribution in [1.82, 2.24) is 0 Å². The highest BCUT2D eigenvalue weighted by Gasteiger charge is 2.48. The van der Waals surface area contributed by atoms with Gasteiger partial charge >= 0.3 is 0 Å². The molecule has 10 aromatic carbocycles. The Bertz CT molecular complexity index is 3520. The van der Waals surface area contributed by atoms with Crippen molar-refractivity contribution in [2.75, 3.05) is 4.90 Å². The summed E-state index contributed by atoms with van der Waals surface area (Å²) >= 11 is 0. The molecule has 65 heavy (non-hydrogen) atoms. The average molecular weight is 830 g/mol. The average Bonchev–Trinajstić information content (AvgIpc) is 3.97. The lowest BCUT2D eigenvalue weighted by Gasteiger charge is -2.32. The Kier molecular flexibility index (Phi) is 8.37. The highest BCUT2D eigenvalue weighted by atomic mass is 15.1. The quantitative estimate of drug-likeness (QED) is 0.161. The van der Waals surface area contributed by atoms with E-state index in [0.717, 1.165) is 29.9 Å². The van der Waals surface area contributed by atoms with Crippen molar-refractivity contribution in [3.63, 3.8) is 0 Å². The van der Waals surface area contributed by atoms with Gasteiger partial charge in [-0.05, 0) is 137 Å². The Morgan fingerprint density at radius 1 is 0.385 bits per heavy atom. The first-order valence-electron chi connectivity index (χ1n) is 23.1. The first kappa shape index (κ1) is 37.8. The number of hydrogen-bond donors (Lipinski definition) is 0.